The van der Waals surface area contributed by atoms with Crippen LogP contribution in [0, 0.1) is 0 Å². The van der Waals surface area contributed by atoms with Crippen LogP contribution in [0.25, 0.3) is 6.08 Å². The second kappa shape index (κ2) is 16.0. The van der Waals surface area contributed by atoms with Gasteiger partial charge in [0.2, 0.25) is 0 Å². The van der Waals surface area contributed by atoms with Gasteiger partial charge in [-0.3, -0.25) is 0 Å². The van der Waals surface area contributed by atoms with Crippen molar-refractivity contribution in [2.75, 3.05) is 11.4 Å². The largest absolute Gasteiger partial charge is 0.478 e. The highest BCUT2D eigenvalue weighted by atomic mass is 16.4. The zero-order chi connectivity index (χ0) is 26.1. The van der Waals surface area contributed by atoms with Crippen LogP contribution in [0.3, 0.4) is 0 Å². The van der Waals surface area contributed by atoms with Gasteiger partial charge in [0.15, 0.2) is 0 Å². The molecule has 0 amide bonds. The number of aromatic carboxylic acids is 1. The molecule has 3 heteroatoms. The maximum absolute atomic E-state index is 12.0. The fourth-order valence-corrected chi connectivity index (χ4v) is 4.47. The van der Waals surface area contributed by atoms with Crippen molar-refractivity contribution in [3.8, 4) is 0 Å². The van der Waals surface area contributed by atoms with E-state index >= 15 is 0 Å². The van der Waals surface area contributed by atoms with Crippen LogP contribution in [0.2, 0.25) is 0 Å². The molecule has 0 saturated heterocycles. The minimum Gasteiger partial charge on any atom is -0.478 e. The molecule has 0 bridgehead atoms. The minimum absolute atomic E-state index is 0.00125. The van der Waals surface area contributed by atoms with E-state index in [1.165, 1.54) is 31.3 Å². The van der Waals surface area contributed by atoms with Crippen LogP contribution in [0.5, 0.6) is 0 Å². The third-order valence-electron chi connectivity index (χ3n) is 6.37. The van der Waals surface area contributed by atoms with Gasteiger partial charge in [-0.1, -0.05) is 142 Å². The maximum Gasteiger partial charge on any atom is 0.337 e. The number of benzene rings is 3. The molecule has 1 aliphatic rings. The molecule has 0 saturated carbocycles. The fourth-order valence-electron chi connectivity index (χ4n) is 4.47. The van der Waals surface area contributed by atoms with Crippen molar-refractivity contribution in [3.63, 3.8) is 0 Å². The Bertz CT molecular complexity index is 1120. The standard InChI is InChI=1S/C28H33NO2.C6H6/c1-2-3-4-5-6-14-21-29(27-20-13-11-18-25(27)28(30)31)26-19-12-10-17-24(26)22-23-15-8-7-9-16-23;1-2-4-6-5-3-1/h7-13,15-20,22,26H,2-6,14,21H2,1H3,(H,30,31);1-6H. The molecule has 192 valence electrons. The first-order valence-corrected chi connectivity index (χ1v) is 13.4. The third-order valence-corrected chi connectivity index (χ3v) is 6.37. The van der Waals surface area contributed by atoms with Gasteiger partial charge >= 0.3 is 5.97 Å². The monoisotopic (exact) mass is 493 g/mol. The normalized spacial score (nSPS) is 15.2. The molecular weight excluding hydrogens is 454 g/mol. The summed E-state index contributed by atoms with van der Waals surface area (Å²) in [5.41, 5.74) is 3.45. The molecule has 1 unspecified atom stereocenters. The van der Waals surface area contributed by atoms with Crippen molar-refractivity contribution in [2.45, 2.75) is 51.5 Å². The lowest BCUT2D eigenvalue weighted by atomic mass is 9.96. The molecule has 1 N–H and O–H groups in total. The summed E-state index contributed by atoms with van der Waals surface area (Å²) in [6.07, 6.45) is 17.9. The summed E-state index contributed by atoms with van der Waals surface area (Å²) in [6.45, 7) is 3.06. The van der Waals surface area contributed by atoms with Crippen molar-refractivity contribution in [2.24, 2.45) is 0 Å². The van der Waals surface area contributed by atoms with Crippen LogP contribution < -0.4 is 4.90 Å². The second-order valence-corrected chi connectivity index (χ2v) is 9.18. The number of rotatable bonds is 11. The third kappa shape index (κ3) is 9.27. The first-order chi connectivity index (χ1) is 18.2. The Kier molecular flexibility index (Phi) is 12.0. The van der Waals surface area contributed by atoms with E-state index < -0.39 is 5.97 Å². The maximum atomic E-state index is 12.0. The molecule has 1 aliphatic carbocycles. The molecule has 0 heterocycles. The number of hydrogen-bond acceptors (Lipinski definition) is 2. The Balaban J connectivity index is 0.000000555. The molecule has 37 heavy (non-hydrogen) atoms. The topological polar surface area (TPSA) is 40.5 Å². The van der Waals surface area contributed by atoms with E-state index in [2.05, 4.69) is 54.3 Å². The van der Waals surface area contributed by atoms with Gasteiger partial charge in [-0.15, -0.1) is 0 Å². The number of carboxylic acid groups (broad SMARTS) is 1. The van der Waals surface area contributed by atoms with E-state index in [1.807, 2.05) is 66.7 Å². The van der Waals surface area contributed by atoms with Gasteiger partial charge in [0.25, 0.3) is 0 Å². The van der Waals surface area contributed by atoms with E-state index in [0.717, 1.165) is 30.6 Å². The average Bonchev–Trinajstić information content (AvgIpc) is 2.95. The van der Waals surface area contributed by atoms with Crippen molar-refractivity contribution in [3.05, 3.63) is 132 Å². The molecule has 3 nitrogen and oxygen atoms in total. The summed E-state index contributed by atoms with van der Waals surface area (Å²) in [5.74, 6) is -0.882. The SMILES string of the molecule is CCCCCCCCN(c1ccccc1C(=O)O)C1C=CC=CC1=Cc1ccccc1.c1ccccc1. The Morgan fingerprint density at radius 1 is 0.784 bits per heavy atom. The van der Waals surface area contributed by atoms with Gasteiger partial charge in [0, 0.05) is 6.54 Å². The average molecular weight is 494 g/mol. The zero-order valence-electron chi connectivity index (χ0n) is 21.9. The summed E-state index contributed by atoms with van der Waals surface area (Å²) in [4.78, 5) is 14.2. The molecule has 3 aromatic carbocycles. The molecule has 3 aromatic rings. The van der Waals surface area contributed by atoms with Crippen LogP contribution >= 0.6 is 0 Å². The highest BCUT2D eigenvalue weighted by Gasteiger charge is 2.24. The van der Waals surface area contributed by atoms with E-state index in [1.54, 1.807) is 12.1 Å². The minimum atomic E-state index is -0.882. The first-order valence-electron chi connectivity index (χ1n) is 13.4. The first kappa shape index (κ1) is 27.7. The molecule has 0 fully saturated rings. The lowest BCUT2D eigenvalue weighted by Crippen LogP contribution is -2.37. The molecule has 0 spiro atoms. The lowest BCUT2D eigenvalue weighted by Gasteiger charge is -2.35. The smallest absolute Gasteiger partial charge is 0.337 e. The molecule has 4 rings (SSSR count). The highest BCUT2D eigenvalue weighted by molar-refractivity contribution is 5.94. The Hall–Kier alpha value is -3.85. The van der Waals surface area contributed by atoms with Crippen molar-refractivity contribution >= 4 is 17.7 Å². The number of para-hydroxylation sites is 1. The van der Waals surface area contributed by atoms with E-state index in [-0.39, 0.29) is 6.04 Å². The van der Waals surface area contributed by atoms with Gasteiger partial charge in [-0.2, -0.15) is 0 Å². The van der Waals surface area contributed by atoms with Gasteiger partial charge in [-0.05, 0) is 35.8 Å². The molecule has 0 radical (unpaired) electrons. The Morgan fingerprint density at radius 2 is 1.38 bits per heavy atom. The summed E-state index contributed by atoms with van der Waals surface area (Å²) in [6, 6.07) is 29.7. The predicted molar refractivity (Wildman–Crippen MR) is 157 cm³/mol. The number of hydrogen-bond donors (Lipinski definition) is 1. The summed E-state index contributed by atoms with van der Waals surface area (Å²) in [7, 11) is 0. The van der Waals surface area contributed by atoms with Crippen LogP contribution in [0.15, 0.2) is 121 Å². The number of carboxylic acids is 1. The van der Waals surface area contributed by atoms with Crippen molar-refractivity contribution < 1.29 is 9.90 Å². The summed E-state index contributed by atoms with van der Waals surface area (Å²) >= 11 is 0. The Labute approximate surface area is 222 Å². The van der Waals surface area contributed by atoms with Crippen LogP contribution in [-0.4, -0.2) is 23.7 Å². The summed E-state index contributed by atoms with van der Waals surface area (Å²) in [5, 5.41) is 9.81. The lowest BCUT2D eigenvalue weighted by molar-refractivity contribution is 0.0697. The number of allylic oxidation sites excluding steroid dienone is 2. The highest BCUT2D eigenvalue weighted by Crippen LogP contribution is 2.29. The van der Waals surface area contributed by atoms with Crippen LogP contribution in [0.1, 0.15) is 61.4 Å². The number of carbonyl (C=O) groups is 1. The Morgan fingerprint density at radius 3 is 2.05 bits per heavy atom. The fraction of sp³-hybridized carbons (Fsp3) is 0.265. The molecular formula is C34H39NO2. The van der Waals surface area contributed by atoms with Crippen molar-refractivity contribution in [1.29, 1.82) is 0 Å². The van der Waals surface area contributed by atoms with Gasteiger partial charge in [0.05, 0.1) is 17.3 Å². The molecule has 1 atom stereocenters. The van der Waals surface area contributed by atoms with E-state index in [9.17, 15) is 9.90 Å². The van der Waals surface area contributed by atoms with Gasteiger partial charge in [0.1, 0.15) is 0 Å². The number of nitrogens with zero attached hydrogens (tertiary/aromatic N) is 1. The number of anilines is 1. The second-order valence-electron chi connectivity index (χ2n) is 9.18. The molecule has 0 aliphatic heterocycles. The van der Waals surface area contributed by atoms with Crippen LogP contribution in [0.4, 0.5) is 5.69 Å². The van der Waals surface area contributed by atoms with Crippen LogP contribution in [-0.2, 0) is 0 Å². The summed E-state index contributed by atoms with van der Waals surface area (Å²) < 4.78 is 0. The van der Waals surface area contributed by atoms with Gasteiger partial charge in [-0.25, -0.2) is 4.79 Å². The predicted octanol–water partition coefficient (Wildman–Crippen LogP) is 8.82. The molecule has 0 aromatic heterocycles. The van der Waals surface area contributed by atoms with E-state index in [4.69, 9.17) is 0 Å². The number of unbranched alkanes of at least 4 members (excludes halogenated alkanes) is 5. The van der Waals surface area contributed by atoms with Crippen molar-refractivity contribution in [1.82, 2.24) is 0 Å². The van der Waals surface area contributed by atoms with E-state index in [0.29, 0.717) is 5.56 Å². The van der Waals surface area contributed by atoms with Gasteiger partial charge < -0.3 is 10.0 Å². The quantitative estimate of drug-likeness (QED) is 0.271. The zero-order valence-corrected chi connectivity index (χ0v) is 21.9.